The molecule has 2 aliphatic heterocycles. The Bertz CT molecular complexity index is 1010. The van der Waals surface area contributed by atoms with E-state index in [4.69, 9.17) is 4.84 Å². The first kappa shape index (κ1) is 21.2. The van der Waals surface area contributed by atoms with Gasteiger partial charge < -0.3 is 9.94 Å². The van der Waals surface area contributed by atoms with Crippen LogP contribution in [0.25, 0.3) is 6.20 Å². The van der Waals surface area contributed by atoms with Crippen molar-refractivity contribution in [3.63, 3.8) is 0 Å². The standard InChI is InChI=1S/C23H27FN4O3/c1-3-28-15-18(16(2)25-28)14-27-9-7-23(8-10-27,22(29)30)13-20-12-21(26-31-20)17-5-4-6-19(24)11-17/h3-6,11,15,20H,1,7-10,12-14H2,2H3,(H,29,30). The SMILES string of the molecule is C=Cn1cc(CN2CCC(CC3CC(c4cccc(F)c4)=NO3)(C(=O)O)CC2)c(C)n1. The van der Waals surface area contributed by atoms with Crippen LogP contribution in [0.2, 0.25) is 0 Å². The smallest absolute Gasteiger partial charge is 0.309 e. The molecule has 0 saturated carbocycles. The molecule has 1 aromatic heterocycles. The van der Waals surface area contributed by atoms with Crippen LogP contribution in [0.5, 0.6) is 0 Å². The van der Waals surface area contributed by atoms with Crippen molar-refractivity contribution in [2.45, 2.75) is 45.3 Å². The Morgan fingerprint density at radius 2 is 2.19 bits per heavy atom. The number of carboxylic acids is 1. The maximum Gasteiger partial charge on any atom is 0.309 e. The summed E-state index contributed by atoms with van der Waals surface area (Å²) < 4.78 is 15.2. The van der Waals surface area contributed by atoms with Crippen LogP contribution in [-0.4, -0.2) is 50.7 Å². The van der Waals surface area contributed by atoms with Crippen LogP contribution in [0, 0.1) is 18.2 Å². The summed E-state index contributed by atoms with van der Waals surface area (Å²) in [6.07, 6.45) is 5.28. The van der Waals surface area contributed by atoms with E-state index in [1.165, 1.54) is 12.1 Å². The molecule has 0 radical (unpaired) electrons. The lowest BCUT2D eigenvalue weighted by atomic mass is 9.73. The maximum absolute atomic E-state index is 13.5. The van der Waals surface area contributed by atoms with Gasteiger partial charge >= 0.3 is 5.97 Å². The molecule has 1 saturated heterocycles. The molecule has 164 valence electrons. The van der Waals surface area contributed by atoms with Crippen LogP contribution in [0.4, 0.5) is 4.39 Å². The van der Waals surface area contributed by atoms with Crippen molar-refractivity contribution < 1.29 is 19.1 Å². The highest BCUT2D eigenvalue weighted by Crippen LogP contribution is 2.39. The van der Waals surface area contributed by atoms with Crippen LogP contribution in [0.15, 0.2) is 42.2 Å². The largest absolute Gasteiger partial charge is 0.481 e. The fourth-order valence-electron chi connectivity index (χ4n) is 4.47. The van der Waals surface area contributed by atoms with Crippen molar-refractivity contribution in [3.05, 3.63) is 59.7 Å². The van der Waals surface area contributed by atoms with Crippen LogP contribution in [0.3, 0.4) is 0 Å². The van der Waals surface area contributed by atoms with Crippen molar-refractivity contribution >= 4 is 17.9 Å². The number of oxime groups is 1. The highest BCUT2D eigenvalue weighted by Gasteiger charge is 2.45. The van der Waals surface area contributed by atoms with Gasteiger partial charge in [-0.1, -0.05) is 23.9 Å². The maximum atomic E-state index is 13.5. The Kier molecular flexibility index (Phi) is 5.91. The molecule has 1 fully saturated rings. The topological polar surface area (TPSA) is 80.0 Å². The lowest BCUT2D eigenvalue weighted by Gasteiger charge is -2.39. The predicted molar refractivity (Wildman–Crippen MR) is 115 cm³/mol. The number of nitrogens with zero attached hydrogens (tertiary/aromatic N) is 4. The Labute approximate surface area is 180 Å². The molecule has 2 aliphatic rings. The van der Waals surface area contributed by atoms with E-state index in [9.17, 15) is 14.3 Å². The summed E-state index contributed by atoms with van der Waals surface area (Å²) >= 11 is 0. The molecule has 1 unspecified atom stereocenters. The number of hydrogen-bond acceptors (Lipinski definition) is 5. The van der Waals surface area contributed by atoms with Gasteiger partial charge in [0.05, 0.1) is 16.8 Å². The van der Waals surface area contributed by atoms with Gasteiger partial charge in [0, 0.05) is 42.9 Å². The van der Waals surface area contributed by atoms with E-state index < -0.39 is 11.4 Å². The summed E-state index contributed by atoms with van der Waals surface area (Å²) in [6.45, 7) is 7.81. The van der Waals surface area contributed by atoms with E-state index in [1.807, 2.05) is 13.1 Å². The Balaban J connectivity index is 1.37. The minimum atomic E-state index is -0.839. The fourth-order valence-corrected chi connectivity index (χ4v) is 4.47. The molecule has 2 aromatic rings. The van der Waals surface area contributed by atoms with Crippen molar-refractivity contribution in [2.24, 2.45) is 10.6 Å². The molecule has 0 aliphatic carbocycles. The summed E-state index contributed by atoms with van der Waals surface area (Å²) in [6, 6.07) is 6.23. The monoisotopic (exact) mass is 426 g/mol. The van der Waals surface area contributed by atoms with Gasteiger partial charge in [0.2, 0.25) is 0 Å². The number of aryl methyl sites for hydroxylation is 1. The molecule has 3 heterocycles. The van der Waals surface area contributed by atoms with E-state index in [0.717, 1.165) is 17.8 Å². The highest BCUT2D eigenvalue weighted by atomic mass is 19.1. The number of carboxylic acid groups (broad SMARTS) is 1. The number of aliphatic carboxylic acids is 1. The average molecular weight is 426 g/mol. The van der Waals surface area contributed by atoms with E-state index in [-0.39, 0.29) is 11.9 Å². The third-order valence-electron chi connectivity index (χ3n) is 6.38. The quantitative estimate of drug-likeness (QED) is 0.731. The molecule has 0 amide bonds. The van der Waals surface area contributed by atoms with Crippen molar-refractivity contribution in [2.75, 3.05) is 13.1 Å². The Hall–Kier alpha value is -3.00. The molecule has 0 bridgehead atoms. The zero-order valence-electron chi connectivity index (χ0n) is 17.6. The Morgan fingerprint density at radius 3 is 2.84 bits per heavy atom. The zero-order valence-corrected chi connectivity index (χ0v) is 17.6. The lowest BCUT2D eigenvalue weighted by Crippen LogP contribution is -2.45. The molecule has 1 N–H and O–H groups in total. The molecule has 7 nitrogen and oxygen atoms in total. The molecule has 31 heavy (non-hydrogen) atoms. The Morgan fingerprint density at radius 1 is 1.42 bits per heavy atom. The van der Waals surface area contributed by atoms with Crippen LogP contribution in [0.1, 0.15) is 42.5 Å². The van der Waals surface area contributed by atoms with Crippen LogP contribution < -0.4 is 0 Å². The van der Waals surface area contributed by atoms with E-state index in [1.54, 1.807) is 23.0 Å². The number of rotatable bonds is 7. The van der Waals surface area contributed by atoms with E-state index in [0.29, 0.717) is 50.0 Å². The van der Waals surface area contributed by atoms with Crippen LogP contribution in [-0.2, 0) is 16.2 Å². The second-order valence-electron chi connectivity index (χ2n) is 8.45. The molecular formula is C23H27FN4O3. The van der Waals surface area contributed by atoms with Gasteiger partial charge in [0.15, 0.2) is 0 Å². The van der Waals surface area contributed by atoms with Gasteiger partial charge in [-0.25, -0.2) is 9.07 Å². The second-order valence-corrected chi connectivity index (χ2v) is 8.45. The summed E-state index contributed by atoms with van der Waals surface area (Å²) in [7, 11) is 0. The van der Waals surface area contributed by atoms with E-state index >= 15 is 0 Å². The molecule has 4 rings (SSSR count). The number of hydrogen-bond donors (Lipinski definition) is 1. The van der Waals surface area contributed by atoms with Gasteiger partial charge in [-0.05, 0) is 45.0 Å². The minimum absolute atomic E-state index is 0.311. The van der Waals surface area contributed by atoms with Crippen molar-refractivity contribution in [3.8, 4) is 0 Å². The first-order valence-corrected chi connectivity index (χ1v) is 10.5. The van der Waals surface area contributed by atoms with Gasteiger partial charge in [0.1, 0.15) is 11.9 Å². The summed E-state index contributed by atoms with van der Waals surface area (Å²) in [4.78, 5) is 20.1. The van der Waals surface area contributed by atoms with Gasteiger partial charge in [-0.2, -0.15) is 5.10 Å². The number of halogens is 1. The number of likely N-dealkylation sites (tertiary alicyclic amines) is 1. The van der Waals surface area contributed by atoms with Gasteiger partial charge in [-0.3, -0.25) is 9.69 Å². The normalized spacial score (nSPS) is 20.8. The van der Waals surface area contributed by atoms with E-state index in [2.05, 4.69) is 21.7 Å². The number of carbonyl (C=O) groups is 1. The molecule has 1 aromatic carbocycles. The third kappa shape index (κ3) is 4.54. The second kappa shape index (κ2) is 8.63. The van der Waals surface area contributed by atoms with Gasteiger partial charge in [0.25, 0.3) is 0 Å². The third-order valence-corrected chi connectivity index (χ3v) is 6.38. The summed E-state index contributed by atoms with van der Waals surface area (Å²) in [5, 5.41) is 18.5. The molecule has 1 atom stereocenters. The average Bonchev–Trinajstić information content (AvgIpc) is 3.36. The molecular weight excluding hydrogens is 399 g/mol. The first-order chi connectivity index (χ1) is 14.9. The van der Waals surface area contributed by atoms with Crippen molar-refractivity contribution in [1.29, 1.82) is 0 Å². The van der Waals surface area contributed by atoms with Crippen molar-refractivity contribution in [1.82, 2.24) is 14.7 Å². The number of piperidine rings is 1. The fraction of sp³-hybridized carbons (Fsp3) is 0.435. The molecule has 8 heteroatoms. The number of benzene rings is 1. The highest BCUT2D eigenvalue weighted by molar-refractivity contribution is 6.01. The zero-order chi connectivity index (χ0) is 22.0. The summed E-state index contributed by atoms with van der Waals surface area (Å²) in [5.74, 6) is -1.11. The lowest BCUT2D eigenvalue weighted by molar-refractivity contribution is -0.155. The first-order valence-electron chi connectivity index (χ1n) is 10.5. The van der Waals surface area contributed by atoms with Gasteiger partial charge in [-0.15, -0.1) is 0 Å². The minimum Gasteiger partial charge on any atom is -0.481 e. The summed E-state index contributed by atoms with van der Waals surface area (Å²) in [5.41, 5.74) is 2.58. The predicted octanol–water partition coefficient (Wildman–Crippen LogP) is 3.68. The van der Waals surface area contributed by atoms with Crippen LogP contribution >= 0.6 is 0 Å². The number of aromatic nitrogens is 2. The molecule has 0 spiro atoms.